The molecule has 4 rings (SSSR count). The van der Waals surface area contributed by atoms with Crippen LogP contribution in [0.5, 0.6) is 0 Å². The van der Waals surface area contributed by atoms with Crippen molar-refractivity contribution < 1.29 is 18.0 Å². The van der Waals surface area contributed by atoms with Crippen LogP contribution in [0.3, 0.4) is 0 Å². The van der Waals surface area contributed by atoms with Crippen molar-refractivity contribution in [1.29, 1.82) is 0 Å². The summed E-state index contributed by atoms with van der Waals surface area (Å²) in [7, 11) is -4.10. The normalized spacial score (nSPS) is 14.6. The maximum atomic E-state index is 14.4. The Morgan fingerprint density at radius 2 is 1.49 bits per heavy atom. The summed E-state index contributed by atoms with van der Waals surface area (Å²) in [6.07, 6.45) is 5.60. The van der Waals surface area contributed by atoms with Gasteiger partial charge < -0.3 is 10.2 Å². The highest BCUT2D eigenvalue weighted by Gasteiger charge is 2.34. The number of carbonyl (C=O) groups excluding carboxylic acids is 2. The Kier molecular flexibility index (Phi) is 10.7. The Morgan fingerprint density at radius 3 is 2.09 bits per heavy atom. The number of amides is 2. The van der Waals surface area contributed by atoms with Crippen LogP contribution in [-0.4, -0.2) is 43.8 Å². The second-order valence-corrected chi connectivity index (χ2v) is 13.7. The molecule has 0 aromatic heterocycles. The predicted molar refractivity (Wildman–Crippen MR) is 172 cm³/mol. The molecular formula is C35H45N3O4S. The third-order valence-corrected chi connectivity index (χ3v) is 10.1. The molecule has 0 radical (unpaired) electrons. The van der Waals surface area contributed by atoms with E-state index >= 15 is 0 Å². The van der Waals surface area contributed by atoms with Crippen LogP contribution in [0, 0.1) is 27.7 Å². The van der Waals surface area contributed by atoms with E-state index in [4.69, 9.17) is 0 Å². The molecule has 43 heavy (non-hydrogen) atoms. The number of carbonyl (C=O) groups is 2. The van der Waals surface area contributed by atoms with Crippen LogP contribution in [0.25, 0.3) is 0 Å². The van der Waals surface area contributed by atoms with Crippen molar-refractivity contribution in [3.63, 3.8) is 0 Å². The van der Waals surface area contributed by atoms with Gasteiger partial charge in [0, 0.05) is 12.6 Å². The number of anilines is 1. The topological polar surface area (TPSA) is 86.8 Å². The van der Waals surface area contributed by atoms with E-state index in [2.05, 4.69) is 5.32 Å². The molecule has 1 aliphatic carbocycles. The molecule has 0 heterocycles. The van der Waals surface area contributed by atoms with Gasteiger partial charge in [0.25, 0.3) is 10.0 Å². The number of aryl methyl sites for hydroxylation is 4. The van der Waals surface area contributed by atoms with Gasteiger partial charge >= 0.3 is 0 Å². The zero-order valence-electron chi connectivity index (χ0n) is 26.1. The van der Waals surface area contributed by atoms with Gasteiger partial charge in [0.1, 0.15) is 12.6 Å². The van der Waals surface area contributed by atoms with Crippen molar-refractivity contribution in [2.45, 2.75) is 96.7 Å². The Morgan fingerprint density at radius 1 is 0.860 bits per heavy atom. The fourth-order valence-electron chi connectivity index (χ4n) is 5.90. The highest BCUT2D eigenvalue weighted by molar-refractivity contribution is 7.92. The van der Waals surface area contributed by atoms with E-state index in [9.17, 15) is 18.0 Å². The molecule has 2 amide bonds. The third-order valence-electron chi connectivity index (χ3n) is 8.32. The standard InChI is InChI=1S/C35H45N3O4S/c1-6-33(35(40)36-30-14-8-7-9-15-30)37(23-29-13-11-10-12-28(29)5)34(39)24-38(31-21-26(3)20-27(4)22-31)43(41,42)32-18-16-25(2)17-19-32/h10-13,16-22,30,33H,6-9,14-15,23-24H2,1-5H3,(H,36,40). The lowest BCUT2D eigenvalue weighted by molar-refractivity contribution is -0.140. The summed E-state index contributed by atoms with van der Waals surface area (Å²) in [5.41, 5.74) is 5.05. The molecule has 1 N–H and O–H groups in total. The molecule has 3 aromatic rings. The summed E-state index contributed by atoms with van der Waals surface area (Å²) in [5.74, 6) is -0.612. The molecule has 0 aliphatic heterocycles. The SMILES string of the molecule is CCC(C(=O)NC1CCCCC1)N(Cc1ccccc1C)C(=O)CN(c1cc(C)cc(C)c1)S(=O)(=O)c1ccc(C)cc1. The highest BCUT2D eigenvalue weighted by Crippen LogP contribution is 2.27. The molecule has 0 spiro atoms. The van der Waals surface area contributed by atoms with Crippen LogP contribution >= 0.6 is 0 Å². The molecule has 1 unspecified atom stereocenters. The Balaban J connectivity index is 1.74. The van der Waals surface area contributed by atoms with Gasteiger partial charge in [-0.2, -0.15) is 0 Å². The average Bonchev–Trinajstić information content (AvgIpc) is 2.96. The van der Waals surface area contributed by atoms with Crippen LogP contribution in [0.4, 0.5) is 5.69 Å². The monoisotopic (exact) mass is 603 g/mol. The molecule has 7 nitrogen and oxygen atoms in total. The minimum absolute atomic E-state index is 0.0967. The quantitative estimate of drug-likeness (QED) is 0.276. The molecular weight excluding hydrogens is 558 g/mol. The van der Waals surface area contributed by atoms with Gasteiger partial charge in [0.15, 0.2) is 0 Å². The van der Waals surface area contributed by atoms with Crippen LogP contribution in [-0.2, 0) is 26.2 Å². The Bertz CT molecular complexity index is 1510. The van der Waals surface area contributed by atoms with Crippen molar-refractivity contribution in [2.75, 3.05) is 10.8 Å². The lowest BCUT2D eigenvalue weighted by atomic mass is 9.95. The van der Waals surface area contributed by atoms with Gasteiger partial charge in [-0.15, -0.1) is 0 Å². The van der Waals surface area contributed by atoms with E-state index < -0.39 is 28.5 Å². The molecule has 0 saturated heterocycles. The summed E-state index contributed by atoms with van der Waals surface area (Å²) in [4.78, 5) is 29.8. The van der Waals surface area contributed by atoms with Gasteiger partial charge in [-0.1, -0.05) is 74.2 Å². The van der Waals surface area contributed by atoms with Gasteiger partial charge in [0.2, 0.25) is 11.8 Å². The van der Waals surface area contributed by atoms with Crippen molar-refractivity contribution in [2.24, 2.45) is 0 Å². The summed E-state index contributed by atoms with van der Waals surface area (Å²) in [6.45, 7) is 9.35. The van der Waals surface area contributed by atoms with E-state index in [0.717, 1.165) is 53.5 Å². The minimum atomic E-state index is -4.10. The zero-order valence-corrected chi connectivity index (χ0v) is 26.9. The molecule has 0 bridgehead atoms. The van der Waals surface area contributed by atoms with Gasteiger partial charge in [-0.25, -0.2) is 8.42 Å². The number of sulfonamides is 1. The van der Waals surface area contributed by atoms with E-state index in [-0.39, 0.29) is 23.4 Å². The van der Waals surface area contributed by atoms with Crippen molar-refractivity contribution in [3.05, 3.63) is 94.5 Å². The van der Waals surface area contributed by atoms with E-state index in [1.54, 1.807) is 41.3 Å². The molecule has 230 valence electrons. The van der Waals surface area contributed by atoms with Crippen LogP contribution < -0.4 is 9.62 Å². The second kappa shape index (κ2) is 14.2. The number of nitrogens with one attached hydrogen (secondary N) is 1. The van der Waals surface area contributed by atoms with E-state index in [1.165, 1.54) is 10.7 Å². The lowest BCUT2D eigenvalue weighted by Gasteiger charge is -2.35. The van der Waals surface area contributed by atoms with Gasteiger partial charge in [-0.3, -0.25) is 13.9 Å². The maximum absolute atomic E-state index is 14.4. The van der Waals surface area contributed by atoms with Crippen LogP contribution in [0.15, 0.2) is 71.6 Å². The summed E-state index contributed by atoms with van der Waals surface area (Å²) in [5, 5.41) is 3.20. The summed E-state index contributed by atoms with van der Waals surface area (Å²) < 4.78 is 29.5. The van der Waals surface area contributed by atoms with Crippen molar-refractivity contribution in [3.8, 4) is 0 Å². The van der Waals surface area contributed by atoms with Crippen LogP contribution in [0.1, 0.15) is 73.3 Å². The smallest absolute Gasteiger partial charge is 0.264 e. The van der Waals surface area contributed by atoms with Gasteiger partial charge in [-0.05, 0) is 93.5 Å². The maximum Gasteiger partial charge on any atom is 0.264 e. The molecule has 8 heteroatoms. The van der Waals surface area contributed by atoms with Gasteiger partial charge in [0.05, 0.1) is 10.6 Å². The second-order valence-electron chi connectivity index (χ2n) is 11.9. The Labute approximate surface area is 257 Å². The zero-order chi connectivity index (χ0) is 31.1. The molecule has 1 saturated carbocycles. The number of benzene rings is 3. The first-order valence-corrected chi connectivity index (χ1v) is 16.8. The third kappa shape index (κ3) is 8.05. The predicted octanol–water partition coefficient (Wildman–Crippen LogP) is 6.37. The highest BCUT2D eigenvalue weighted by atomic mass is 32.2. The number of rotatable bonds is 11. The molecule has 1 aliphatic rings. The number of nitrogens with zero attached hydrogens (tertiary/aromatic N) is 2. The number of hydrogen-bond acceptors (Lipinski definition) is 4. The fraction of sp³-hybridized carbons (Fsp3) is 0.429. The van der Waals surface area contributed by atoms with Crippen molar-refractivity contribution >= 4 is 27.5 Å². The molecule has 1 atom stereocenters. The average molecular weight is 604 g/mol. The fourth-order valence-corrected chi connectivity index (χ4v) is 7.29. The summed E-state index contributed by atoms with van der Waals surface area (Å²) in [6, 6.07) is 19.3. The first kappa shape index (κ1) is 32.3. The van der Waals surface area contributed by atoms with Crippen LogP contribution in [0.2, 0.25) is 0 Å². The Hall–Kier alpha value is -3.65. The first-order valence-electron chi connectivity index (χ1n) is 15.3. The number of hydrogen-bond donors (Lipinski definition) is 1. The van der Waals surface area contributed by atoms with Crippen molar-refractivity contribution in [1.82, 2.24) is 10.2 Å². The van der Waals surface area contributed by atoms with E-state index in [1.807, 2.05) is 65.0 Å². The summed E-state index contributed by atoms with van der Waals surface area (Å²) >= 11 is 0. The lowest BCUT2D eigenvalue weighted by Crippen LogP contribution is -2.54. The largest absolute Gasteiger partial charge is 0.352 e. The minimum Gasteiger partial charge on any atom is -0.352 e. The molecule has 1 fully saturated rings. The van der Waals surface area contributed by atoms with E-state index in [0.29, 0.717) is 12.1 Å². The molecule has 3 aromatic carbocycles. The first-order chi connectivity index (χ1) is 20.5.